The van der Waals surface area contributed by atoms with E-state index in [1.807, 2.05) is 32.2 Å². The molecule has 0 aliphatic heterocycles. The summed E-state index contributed by atoms with van der Waals surface area (Å²) in [6.07, 6.45) is 2.72. The molecule has 0 aliphatic carbocycles. The topological polar surface area (TPSA) is 88.2 Å². The minimum atomic E-state index is -3.72. The summed E-state index contributed by atoms with van der Waals surface area (Å²) < 4.78 is 27.8. The van der Waals surface area contributed by atoms with Crippen LogP contribution in [0.2, 0.25) is 0 Å². The fraction of sp³-hybridized carbons (Fsp3) is 0.304. The van der Waals surface area contributed by atoms with Crippen LogP contribution in [0.5, 0.6) is 0 Å². The van der Waals surface area contributed by atoms with Gasteiger partial charge in [-0.2, -0.15) is 0 Å². The third kappa shape index (κ3) is 6.38. The number of aryl methyl sites for hydroxylation is 4. The van der Waals surface area contributed by atoms with Gasteiger partial charge in [0, 0.05) is 28.9 Å². The summed E-state index contributed by atoms with van der Waals surface area (Å²) in [6.45, 7) is 6.45. The van der Waals surface area contributed by atoms with Crippen molar-refractivity contribution in [3.8, 4) is 0 Å². The zero-order chi connectivity index (χ0) is 22.4. The lowest BCUT2D eigenvalue weighted by molar-refractivity contribution is 0.0953. The monoisotopic (exact) mass is 457 g/mol. The molecule has 0 radical (unpaired) electrons. The van der Waals surface area contributed by atoms with Gasteiger partial charge in [0.2, 0.25) is 0 Å². The Labute approximate surface area is 187 Å². The van der Waals surface area contributed by atoms with Crippen molar-refractivity contribution in [2.75, 3.05) is 11.3 Å². The number of hydrogen-bond acceptors (Lipinski definition) is 5. The summed E-state index contributed by atoms with van der Waals surface area (Å²) in [4.78, 5) is 16.9. The molecule has 31 heavy (non-hydrogen) atoms. The van der Waals surface area contributed by atoms with Gasteiger partial charge in [-0.25, -0.2) is 13.4 Å². The van der Waals surface area contributed by atoms with E-state index in [0.29, 0.717) is 17.8 Å². The van der Waals surface area contributed by atoms with Gasteiger partial charge in [0.15, 0.2) is 0 Å². The van der Waals surface area contributed by atoms with Crippen LogP contribution in [0, 0.1) is 20.8 Å². The van der Waals surface area contributed by atoms with Crippen LogP contribution in [0.1, 0.15) is 45.0 Å². The fourth-order valence-electron chi connectivity index (χ4n) is 3.03. The van der Waals surface area contributed by atoms with Gasteiger partial charge in [-0.1, -0.05) is 6.07 Å². The van der Waals surface area contributed by atoms with Gasteiger partial charge in [0.1, 0.15) is 0 Å². The molecule has 0 aliphatic rings. The molecular weight excluding hydrogens is 430 g/mol. The second-order valence-corrected chi connectivity index (χ2v) is 10.1. The molecule has 1 amide bonds. The van der Waals surface area contributed by atoms with Crippen LogP contribution in [0.4, 0.5) is 5.69 Å². The van der Waals surface area contributed by atoms with Crippen molar-refractivity contribution in [1.29, 1.82) is 0 Å². The highest BCUT2D eigenvalue weighted by atomic mass is 32.2. The number of rotatable bonds is 9. The molecule has 2 N–H and O–H groups in total. The predicted molar refractivity (Wildman–Crippen MR) is 125 cm³/mol. The van der Waals surface area contributed by atoms with E-state index in [1.165, 1.54) is 24.3 Å². The van der Waals surface area contributed by atoms with Crippen LogP contribution in [-0.4, -0.2) is 25.9 Å². The third-order valence-electron chi connectivity index (χ3n) is 4.96. The molecule has 2 aromatic carbocycles. The summed E-state index contributed by atoms with van der Waals surface area (Å²) >= 11 is 1.66. The number of hydrogen-bond donors (Lipinski definition) is 2. The Morgan fingerprint density at radius 3 is 2.39 bits per heavy atom. The molecule has 0 atom stereocenters. The fourth-order valence-corrected chi connectivity index (χ4v) is 4.89. The van der Waals surface area contributed by atoms with Gasteiger partial charge in [0.05, 0.1) is 9.90 Å². The summed E-state index contributed by atoms with van der Waals surface area (Å²) in [7, 11) is -3.72. The van der Waals surface area contributed by atoms with Gasteiger partial charge in [-0.3, -0.25) is 9.52 Å². The van der Waals surface area contributed by atoms with E-state index in [4.69, 9.17) is 0 Å². The lowest BCUT2D eigenvalue weighted by Crippen LogP contribution is -2.24. The van der Waals surface area contributed by atoms with Crippen LogP contribution >= 0.6 is 11.3 Å². The molecule has 0 bridgehead atoms. The minimum Gasteiger partial charge on any atom is -0.352 e. The highest BCUT2D eigenvalue weighted by Crippen LogP contribution is 2.19. The maximum atomic E-state index is 12.6. The number of amides is 1. The zero-order valence-electron chi connectivity index (χ0n) is 17.9. The molecule has 6 nitrogen and oxygen atoms in total. The van der Waals surface area contributed by atoms with E-state index in [2.05, 4.69) is 15.0 Å². The average molecular weight is 458 g/mol. The van der Waals surface area contributed by atoms with Crippen LogP contribution in [-0.2, 0) is 16.4 Å². The summed E-state index contributed by atoms with van der Waals surface area (Å²) in [6, 6.07) is 11.4. The number of thiazole rings is 1. The van der Waals surface area contributed by atoms with Crippen molar-refractivity contribution in [2.45, 2.75) is 44.9 Å². The number of nitrogens with one attached hydrogen (secondary N) is 2. The minimum absolute atomic E-state index is 0.112. The largest absolute Gasteiger partial charge is 0.352 e. The molecule has 8 heteroatoms. The Morgan fingerprint density at radius 1 is 1.00 bits per heavy atom. The van der Waals surface area contributed by atoms with Gasteiger partial charge in [-0.15, -0.1) is 11.3 Å². The summed E-state index contributed by atoms with van der Waals surface area (Å²) in [5, 5.41) is 6.04. The maximum Gasteiger partial charge on any atom is 0.261 e. The number of benzene rings is 2. The van der Waals surface area contributed by atoms with E-state index in [0.717, 1.165) is 41.1 Å². The Morgan fingerprint density at radius 2 is 1.74 bits per heavy atom. The van der Waals surface area contributed by atoms with Crippen molar-refractivity contribution in [3.05, 3.63) is 75.2 Å². The van der Waals surface area contributed by atoms with Gasteiger partial charge >= 0.3 is 0 Å². The lowest BCUT2D eigenvalue weighted by atomic mass is 10.1. The molecule has 0 unspecified atom stereocenters. The molecule has 3 aromatic rings. The summed E-state index contributed by atoms with van der Waals surface area (Å²) in [5.41, 5.74) is 4.09. The first-order valence-electron chi connectivity index (χ1n) is 10.1. The zero-order valence-corrected chi connectivity index (χ0v) is 19.6. The molecule has 0 fully saturated rings. The van der Waals surface area contributed by atoms with Gasteiger partial charge in [-0.05, 0) is 87.6 Å². The number of aromatic nitrogens is 1. The van der Waals surface area contributed by atoms with Crippen LogP contribution in [0.25, 0.3) is 0 Å². The molecule has 164 valence electrons. The molecule has 3 rings (SSSR count). The quantitative estimate of drug-likeness (QED) is 0.459. The van der Waals surface area contributed by atoms with Crippen molar-refractivity contribution in [2.24, 2.45) is 0 Å². The third-order valence-corrected chi connectivity index (χ3v) is 7.38. The number of carbonyl (C=O) groups is 1. The first-order chi connectivity index (χ1) is 14.7. The Hall–Kier alpha value is -2.71. The van der Waals surface area contributed by atoms with E-state index >= 15 is 0 Å². The van der Waals surface area contributed by atoms with Gasteiger partial charge in [0.25, 0.3) is 15.9 Å². The highest BCUT2D eigenvalue weighted by molar-refractivity contribution is 7.92. The number of unbranched alkanes of at least 4 members (excludes halogenated alkanes) is 1. The predicted octanol–water partition coefficient (Wildman–Crippen LogP) is 4.62. The Balaban J connectivity index is 1.51. The second-order valence-electron chi connectivity index (χ2n) is 7.52. The lowest BCUT2D eigenvalue weighted by Gasteiger charge is -2.10. The molecule has 1 aromatic heterocycles. The second kappa shape index (κ2) is 10.1. The standard InChI is InChI=1S/C23H27N3O3S2/c1-16-7-10-20(14-17(16)2)26-31(28,29)21-11-8-19(9-12-21)23(27)24-13-5-4-6-22-25-18(3)15-30-22/h7-12,14-15,26H,4-6,13H2,1-3H3,(H,24,27). The maximum absolute atomic E-state index is 12.6. The normalized spacial score (nSPS) is 11.3. The van der Waals surface area contributed by atoms with Crippen LogP contribution in [0.15, 0.2) is 52.7 Å². The first-order valence-corrected chi connectivity index (χ1v) is 12.5. The Kier molecular flexibility index (Phi) is 7.46. The van der Waals surface area contributed by atoms with Gasteiger partial charge < -0.3 is 5.32 Å². The van der Waals surface area contributed by atoms with E-state index in [-0.39, 0.29) is 10.8 Å². The van der Waals surface area contributed by atoms with Crippen LogP contribution in [0.3, 0.4) is 0 Å². The van der Waals surface area contributed by atoms with Crippen molar-refractivity contribution >= 4 is 33.0 Å². The highest BCUT2D eigenvalue weighted by Gasteiger charge is 2.15. The number of sulfonamides is 1. The number of anilines is 1. The Bertz CT molecular complexity index is 1150. The molecule has 0 saturated carbocycles. The molecule has 0 spiro atoms. The first kappa shape index (κ1) is 23.0. The van der Waals surface area contributed by atoms with E-state index in [9.17, 15) is 13.2 Å². The summed E-state index contributed by atoms with van der Waals surface area (Å²) in [5.74, 6) is -0.212. The van der Waals surface area contributed by atoms with Crippen molar-refractivity contribution in [3.63, 3.8) is 0 Å². The number of nitrogens with zero attached hydrogens (tertiary/aromatic N) is 1. The van der Waals surface area contributed by atoms with E-state index < -0.39 is 10.0 Å². The van der Waals surface area contributed by atoms with Crippen molar-refractivity contribution in [1.82, 2.24) is 10.3 Å². The average Bonchev–Trinajstić information content (AvgIpc) is 3.15. The molecular formula is C23H27N3O3S2. The van der Waals surface area contributed by atoms with Crippen LogP contribution < -0.4 is 10.0 Å². The number of carbonyl (C=O) groups excluding carboxylic acids is 1. The van der Waals surface area contributed by atoms with E-state index in [1.54, 1.807) is 23.5 Å². The van der Waals surface area contributed by atoms with Crippen molar-refractivity contribution < 1.29 is 13.2 Å². The smallest absolute Gasteiger partial charge is 0.261 e. The molecule has 1 heterocycles. The molecule has 0 saturated heterocycles. The SMILES string of the molecule is Cc1csc(CCCCNC(=O)c2ccc(S(=O)(=O)Nc3ccc(C)c(C)c3)cc2)n1.